The second-order valence-corrected chi connectivity index (χ2v) is 8.15. The molecule has 0 unspecified atom stereocenters. The maximum atomic E-state index is 12.4. The molecule has 1 saturated heterocycles. The molecule has 36 heavy (non-hydrogen) atoms. The van der Waals surface area contributed by atoms with Gasteiger partial charge in [0.15, 0.2) is 11.6 Å². The predicted molar refractivity (Wildman–Crippen MR) is 138 cm³/mol. The predicted octanol–water partition coefficient (Wildman–Crippen LogP) is 3.53. The number of urea groups is 1. The molecule has 0 atom stereocenters. The SMILES string of the molecule is CNC(=O)c1ccc(NC(=O)Nc2ccc(-c3nc(N4CCOCC4)c4ncccc4n3)cc2)cc1. The second kappa shape index (κ2) is 10.4. The van der Waals surface area contributed by atoms with Crippen LogP contribution >= 0.6 is 0 Å². The summed E-state index contributed by atoms with van der Waals surface area (Å²) in [7, 11) is 1.57. The van der Waals surface area contributed by atoms with Gasteiger partial charge in [-0.2, -0.15) is 0 Å². The zero-order valence-corrected chi connectivity index (χ0v) is 19.7. The lowest BCUT2D eigenvalue weighted by molar-refractivity contribution is 0.0963. The molecule has 10 nitrogen and oxygen atoms in total. The van der Waals surface area contributed by atoms with E-state index in [2.05, 4.69) is 25.8 Å². The number of pyridine rings is 1. The third kappa shape index (κ3) is 5.08. The molecule has 3 amide bonds. The Morgan fingerprint density at radius 3 is 2.22 bits per heavy atom. The molecule has 0 aliphatic carbocycles. The van der Waals surface area contributed by atoms with E-state index in [-0.39, 0.29) is 5.91 Å². The molecule has 1 aliphatic rings. The second-order valence-electron chi connectivity index (χ2n) is 8.15. The summed E-state index contributed by atoms with van der Waals surface area (Å²) in [5.74, 6) is 1.20. The van der Waals surface area contributed by atoms with Crippen molar-refractivity contribution < 1.29 is 14.3 Å². The Hall–Kier alpha value is -4.57. The largest absolute Gasteiger partial charge is 0.378 e. The van der Waals surface area contributed by atoms with Crippen molar-refractivity contribution in [2.45, 2.75) is 0 Å². The van der Waals surface area contributed by atoms with Crippen molar-refractivity contribution in [1.29, 1.82) is 0 Å². The van der Waals surface area contributed by atoms with Crippen LogP contribution < -0.4 is 20.9 Å². The first kappa shape index (κ1) is 23.2. The standard InChI is InChI=1S/C26H25N7O3/c1-27-25(34)18-6-10-20(11-7-18)30-26(35)29-19-8-4-17(5-9-19)23-31-21-3-2-12-28-22(21)24(32-23)33-13-15-36-16-14-33/h2-12H,13-16H2,1H3,(H,27,34)(H2,29,30,35). The Kier molecular flexibility index (Phi) is 6.67. The van der Waals surface area contributed by atoms with E-state index in [9.17, 15) is 9.59 Å². The number of rotatable bonds is 5. The lowest BCUT2D eigenvalue weighted by atomic mass is 10.2. The van der Waals surface area contributed by atoms with E-state index in [1.54, 1.807) is 49.6 Å². The minimum atomic E-state index is -0.391. The highest BCUT2D eigenvalue weighted by Gasteiger charge is 2.19. The molecule has 10 heteroatoms. The molecule has 4 aromatic rings. The zero-order chi connectivity index (χ0) is 24.9. The van der Waals surface area contributed by atoms with Crippen LogP contribution in [0.3, 0.4) is 0 Å². The van der Waals surface area contributed by atoms with Crippen LogP contribution in [-0.4, -0.2) is 60.2 Å². The summed E-state index contributed by atoms with van der Waals surface area (Å²) in [4.78, 5) is 40.3. The first-order chi connectivity index (χ1) is 17.6. The summed E-state index contributed by atoms with van der Waals surface area (Å²) in [6, 6.07) is 17.4. The van der Waals surface area contributed by atoms with Crippen molar-refractivity contribution in [2.75, 3.05) is 48.9 Å². The van der Waals surface area contributed by atoms with Crippen molar-refractivity contribution in [3.63, 3.8) is 0 Å². The summed E-state index contributed by atoms with van der Waals surface area (Å²) in [6.07, 6.45) is 1.75. The van der Waals surface area contributed by atoms with Gasteiger partial charge in [-0.15, -0.1) is 0 Å². The first-order valence-electron chi connectivity index (χ1n) is 11.6. The van der Waals surface area contributed by atoms with E-state index in [4.69, 9.17) is 14.7 Å². The Balaban J connectivity index is 1.31. The van der Waals surface area contributed by atoms with Gasteiger partial charge in [0.1, 0.15) is 5.52 Å². The molecule has 0 bridgehead atoms. The monoisotopic (exact) mass is 483 g/mol. The van der Waals surface area contributed by atoms with Crippen LogP contribution in [0.2, 0.25) is 0 Å². The minimum absolute atomic E-state index is 0.185. The van der Waals surface area contributed by atoms with Crippen molar-refractivity contribution in [1.82, 2.24) is 20.3 Å². The molecule has 3 N–H and O–H groups in total. The van der Waals surface area contributed by atoms with Gasteiger partial charge in [0.05, 0.1) is 18.7 Å². The average Bonchev–Trinajstić information content (AvgIpc) is 2.93. The molecule has 5 rings (SSSR count). The van der Waals surface area contributed by atoms with Gasteiger partial charge < -0.3 is 25.6 Å². The van der Waals surface area contributed by atoms with Crippen molar-refractivity contribution in [2.24, 2.45) is 0 Å². The molecule has 1 fully saturated rings. The fourth-order valence-corrected chi connectivity index (χ4v) is 3.92. The number of benzene rings is 2. The van der Waals surface area contributed by atoms with Crippen LogP contribution in [0.25, 0.3) is 22.4 Å². The summed E-state index contributed by atoms with van der Waals surface area (Å²) in [5, 5.41) is 8.12. The van der Waals surface area contributed by atoms with Gasteiger partial charge in [-0.05, 0) is 60.7 Å². The van der Waals surface area contributed by atoms with E-state index in [0.717, 1.165) is 35.5 Å². The van der Waals surface area contributed by atoms with Crippen LogP contribution in [0.5, 0.6) is 0 Å². The number of anilines is 3. The number of hydrogen-bond acceptors (Lipinski definition) is 7. The van der Waals surface area contributed by atoms with Gasteiger partial charge in [-0.25, -0.2) is 14.8 Å². The zero-order valence-electron chi connectivity index (χ0n) is 19.7. The quantitative estimate of drug-likeness (QED) is 0.397. The molecule has 2 aromatic heterocycles. The molecule has 2 aromatic carbocycles. The average molecular weight is 484 g/mol. The summed E-state index contributed by atoms with van der Waals surface area (Å²) in [5.41, 5.74) is 4.07. The van der Waals surface area contributed by atoms with Gasteiger partial charge >= 0.3 is 6.03 Å². The topological polar surface area (TPSA) is 121 Å². The molecular formula is C26H25N7O3. The number of nitrogens with one attached hydrogen (secondary N) is 3. The van der Waals surface area contributed by atoms with Crippen molar-refractivity contribution in [3.05, 3.63) is 72.4 Å². The fraction of sp³-hybridized carbons (Fsp3) is 0.192. The van der Waals surface area contributed by atoms with Crippen LogP contribution in [0.4, 0.5) is 22.0 Å². The van der Waals surface area contributed by atoms with Crippen LogP contribution in [0.1, 0.15) is 10.4 Å². The fourth-order valence-electron chi connectivity index (χ4n) is 3.92. The van der Waals surface area contributed by atoms with Gasteiger partial charge in [0.2, 0.25) is 0 Å². The van der Waals surface area contributed by atoms with E-state index >= 15 is 0 Å². The molecule has 0 radical (unpaired) electrons. The highest BCUT2D eigenvalue weighted by atomic mass is 16.5. The number of carbonyl (C=O) groups is 2. The molecule has 3 heterocycles. The van der Waals surface area contributed by atoms with Gasteiger partial charge in [-0.1, -0.05) is 0 Å². The number of ether oxygens (including phenoxy) is 1. The number of hydrogen-bond donors (Lipinski definition) is 3. The van der Waals surface area contributed by atoms with Gasteiger partial charge in [0, 0.05) is 48.8 Å². The van der Waals surface area contributed by atoms with Crippen molar-refractivity contribution >= 4 is 40.2 Å². The maximum absolute atomic E-state index is 12.4. The van der Waals surface area contributed by atoms with E-state index in [1.807, 2.05) is 24.3 Å². The van der Waals surface area contributed by atoms with Crippen LogP contribution in [0.15, 0.2) is 66.9 Å². The van der Waals surface area contributed by atoms with E-state index < -0.39 is 6.03 Å². The molecular weight excluding hydrogens is 458 g/mol. The highest BCUT2D eigenvalue weighted by Crippen LogP contribution is 2.27. The van der Waals surface area contributed by atoms with Gasteiger partial charge in [-0.3, -0.25) is 9.78 Å². The number of amides is 3. The maximum Gasteiger partial charge on any atom is 0.323 e. The summed E-state index contributed by atoms with van der Waals surface area (Å²) in [6.45, 7) is 2.78. The minimum Gasteiger partial charge on any atom is -0.378 e. The Morgan fingerprint density at radius 2 is 1.56 bits per heavy atom. The Morgan fingerprint density at radius 1 is 0.889 bits per heavy atom. The van der Waals surface area contributed by atoms with Crippen LogP contribution in [-0.2, 0) is 4.74 Å². The Bertz CT molecular complexity index is 1390. The third-order valence-corrected chi connectivity index (χ3v) is 5.78. The van der Waals surface area contributed by atoms with Crippen molar-refractivity contribution in [3.8, 4) is 11.4 Å². The number of nitrogens with zero attached hydrogens (tertiary/aromatic N) is 4. The number of fused-ring (bicyclic) bond motifs is 1. The number of carbonyl (C=O) groups excluding carboxylic acids is 2. The first-order valence-corrected chi connectivity index (χ1v) is 11.6. The van der Waals surface area contributed by atoms with E-state index in [0.29, 0.717) is 36.0 Å². The van der Waals surface area contributed by atoms with Crippen LogP contribution in [0, 0.1) is 0 Å². The van der Waals surface area contributed by atoms with E-state index in [1.165, 1.54) is 0 Å². The molecule has 0 spiro atoms. The lowest BCUT2D eigenvalue weighted by Crippen LogP contribution is -2.37. The number of aromatic nitrogens is 3. The highest BCUT2D eigenvalue weighted by molar-refractivity contribution is 6.00. The Labute approximate surface area is 207 Å². The smallest absolute Gasteiger partial charge is 0.323 e. The molecule has 182 valence electrons. The van der Waals surface area contributed by atoms with Gasteiger partial charge in [0.25, 0.3) is 5.91 Å². The molecule has 0 saturated carbocycles. The number of morpholine rings is 1. The molecule has 1 aliphatic heterocycles. The third-order valence-electron chi connectivity index (χ3n) is 5.78. The summed E-state index contributed by atoms with van der Waals surface area (Å²) < 4.78 is 5.49. The normalized spacial score (nSPS) is 13.3. The summed E-state index contributed by atoms with van der Waals surface area (Å²) >= 11 is 0. The lowest BCUT2D eigenvalue weighted by Gasteiger charge is -2.28.